The Labute approximate surface area is 200 Å². The van der Waals surface area contributed by atoms with Gasteiger partial charge in [0.15, 0.2) is 5.78 Å². The number of alkyl halides is 2. The number of carbonyl (C=O) groups excluding carboxylic acids is 1. The molecular weight excluding hydrogens is 456 g/mol. The molecule has 2 aromatic heterocycles. The summed E-state index contributed by atoms with van der Waals surface area (Å²) in [6.45, 7) is -2.73. The molecule has 2 aromatic carbocycles. The highest BCUT2D eigenvalue weighted by Crippen LogP contribution is 2.40. The molecule has 0 unspecified atom stereocenters. The van der Waals surface area contributed by atoms with Crippen LogP contribution in [-0.4, -0.2) is 33.9 Å². The van der Waals surface area contributed by atoms with E-state index >= 15 is 0 Å². The van der Waals surface area contributed by atoms with E-state index in [1.807, 2.05) is 30.3 Å². The van der Waals surface area contributed by atoms with Crippen molar-refractivity contribution in [1.29, 1.82) is 0 Å². The number of halogens is 2. The SMILES string of the molecule is COc1cc(-c2cnc3cc(OCc4ccccc4)ncn23)cc(OC(F)F)c1C(=O)CC1CC1. The number of aromatic nitrogens is 3. The smallest absolute Gasteiger partial charge is 0.387 e. The fourth-order valence-corrected chi connectivity index (χ4v) is 3.94. The van der Waals surface area contributed by atoms with Gasteiger partial charge in [0.05, 0.1) is 19.0 Å². The third kappa shape index (κ3) is 5.08. The van der Waals surface area contributed by atoms with Crippen molar-refractivity contribution >= 4 is 11.4 Å². The van der Waals surface area contributed by atoms with Gasteiger partial charge in [0.1, 0.15) is 35.6 Å². The first-order valence-corrected chi connectivity index (χ1v) is 11.2. The van der Waals surface area contributed by atoms with Gasteiger partial charge in [-0.25, -0.2) is 9.97 Å². The summed E-state index contributed by atoms with van der Waals surface area (Å²) in [5.74, 6) is 0.375. The Morgan fingerprint density at radius 2 is 1.89 bits per heavy atom. The Morgan fingerprint density at radius 3 is 2.60 bits per heavy atom. The normalized spacial score (nSPS) is 13.3. The summed E-state index contributed by atoms with van der Waals surface area (Å²) in [6, 6.07) is 14.4. The second-order valence-electron chi connectivity index (χ2n) is 8.37. The van der Waals surface area contributed by atoms with Gasteiger partial charge in [0.2, 0.25) is 5.88 Å². The number of carbonyl (C=O) groups is 1. The van der Waals surface area contributed by atoms with Gasteiger partial charge in [-0.3, -0.25) is 9.20 Å². The van der Waals surface area contributed by atoms with E-state index in [4.69, 9.17) is 14.2 Å². The molecule has 0 amide bonds. The van der Waals surface area contributed by atoms with Crippen LogP contribution in [0.3, 0.4) is 0 Å². The van der Waals surface area contributed by atoms with Crippen LogP contribution in [0.2, 0.25) is 0 Å². The van der Waals surface area contributed by atoms with E-state index in [9.17, 15) is 13.6 Å². The molecule has 5 rings (SSSR count). The monoisotopic (exact) mass is 479 g/mol. The van der Waals surface area contributed by atoms with Gasteiger partial charge >= 0.3 is 6.61 Å². The Bertz CT molecular complexity index is 1350. The predicted octanol–water partition coefficient (Wildman–Crippen LogP) is 5.57. The molecule has 1 fully saturated rings. The molecule has 9 heteroatoms. The second-order valence-corrected chi connectivity index (χ2v) is 8.37. The highest BCUT2D eigenvalue weighted by molar-refractivity contribution is 6.02. The van der Waals surface area contributed by atoms with Crippen LogP contribution in [0.5, 0.6) is 17.4 Å². The van der Waals surface area contributed by atoms with Gasteiger partial charge in [-0.2, -0.15) is 8.78 Å². The first-order valence-electron chi connectivity index (χ1n) is 11.2. The zero-order chi connectivity index (χ0) is 24.4. The van der Waals surface area contributed by atoms with Crippen molar-refractivity contribution < 1.29 is 27.8 Å². The van der Waals surface area contributed by atoms with Gasteiger partial charge in [-0.1, -0.05) is 30.3 Å². The molecule has 1 aliphatic rings. The Kier molecular flexibility index (Phi) is 6.31. The van der Waals surface area contributed by atoms with Gasteiger partial charge in [-0.15, -0.1) is 0 Å². The van der Waals surface area contributed by atoms with Crippen molar-refractivity contribution in [1.82, 2.24) is 14.4 Å². The summed E-state index contributed by atoms with van der Waals surface area (Å²) in [7, 11) is 1.39. The van der Waals surface area contributed by atoms with Crippen molar-refractivity contribution in [2.45, 2.75) is 32.5 Å². The van der Waals surface area contributed by atoms with Gasteiger partial charge < -0.3 is 14.2 Å². The maximum Gasteiger partial charge on any atom is 0.387 e. The highest BCUT2D eigenvalue weighted by Gasteiger charge is 2.29. The van der Waals surface area contributed by atoms with E-state index < -0.39 is 6.61 Å². The number of methoxy groups -OCH3 is 1. The number of Topliss-reactive ketones (excluding diaryl/α,β-unsaturated/α-hetero) is 1. The molecule has 0 aliphatic heterocycles. The molecule has 0 atom stereocenters. The molecule has 0 saturated heterocycles. The zero-order valence-corrected chi connectivity index (χ0v) is 19.0. The average Bonchev–Trinajstić information content (AvgIpc) is 3.57. The minimum absolute atomic E-state index is 0.0343. The van der Waals surface area contributed by atoms with Crippen molar-refractivity contribution in [3.05, 3.63) is 72.2 Å². The standard InChI is InChI=1S/C26H23F2N3O4/c1-33-21-10-18(11-22(35-26(27)28)25(21)20(32)9-16-7-8-16)19-13-29-23-12-24(30-15-31(19)23)34-14-17-5-3-2-4-6-17/h2-6,10-13,15-16,26H,7-9,14H2,1H3. The van der Waals surface area contributed by atoms with E-state index in [1.165, 1.54) is 13.2 Å². The van der Waals surface area contributed by atoms with Crippen LogP contribution >= 0.6 is 0 Å². The summed E-state index contributed by atoms with van der Waals surface area (Å²) in [4.78, 5) is 21.6. The van der Waals surface area contributed by atoms with E-state index in [0.717, 1.165) is 18.4 Å². The first-order chi connectivity index (χ1) is 17.0. The molecule has 0 spiro atoms. The Morgan fingerprint density at radius 1 is 1.11 bits per heavy atom. The molecule has 35 heavy (non-hydrogen) atoms. The lowest BCUT2D eigenvalue weighted by Crippen LogP contribution is -2.11. The highest BCUT2D eigenvalue weighted by atomic mass is 19.3. The minimum atomic E-state index is -3.09. The Hall–Kier alpha value is -4.01. The maximum atomic E-state index is 13.2. The summed E-state index contributed by atoms with van der Waals surface area (Å²) in [6.07, 6.45) is 5.33. The van der Waals surface area contributed by atoms with Crippen LogP contribution in [0.4, 0.5) is 8.78 Å². The maximum absolute atomic E-state index is 13.2. The fourth-order valence-electron chi connectivity index (χ4n) is 3.94. The summed E-state index contributed by atoms with van der Waals surface area (Å²) < 4.78 is 44.1. The molecule has 0 radical (unpaired) electrons. The van der Waals surface area contributed by atoms with Gasteiger partial charge in [-0.05, 0) is 36.5 Å². The molecule has 2 heterocycles. The lowest BCUT2D eigenvalue weighted by molar-refractivity contribution is -0.0502. The summed E-state index contributed by atoms with van der Waals surface area (Å²) in [5, 5.41) is 0. The van der Waals surface area contributed by atoms with Crippen LogP contribution in [0, 0.1) is 5.92 Å². The predicted molar refractivity (Wildman–Crippen MR) is 124 cm³/mol. The quantitative estimate of drug-likeness (QED) is 0.277. The largest absolute Gasteiger partial charge is 0.496 e. The number of ketones is 1. The van der Waals surface area contributed by atoms with Crippen LogP contribution in [-0.2, 0) is 6.61 Å². The first kappa shape index (κ1) is 22.8. The minimum Gasteiger partial charge on any atom is -0.496 e. The molecular formula is C26H23F2N3O4. The molecule has 0 N–H and O–H groups in total. The average molecular weight is 479 g/mol. The lowest BCUT2D eigenvalue weighted by atomic mass is 10.00. The number of rotatable bonds is 10. The molecule has 7 nitrogen and oxygen atoms in total. The van der Waals surface area contributed by atoms with Crippen molar-refractivity contribution in [3.8, 4) is 28.6 Å². The molecule has 4 aromatic rings. The van der Waals surface area contributed by atoms with Crippen LogP contribution in [0.25, 0.3) is 16.9 Å². The molecule has 180 valence electrons. The van der Waals surface area contributed by atoms with E-state index in [2.05, 4.69) is 9.97 Å². The fraction of sp³-hybridized carbons (Fsp3) is 0.269. The van der Waals surface area contributed by atoms with Crippen LogP contribution < -0.4 is 14.2 Å². The zero-order valence-electron chi connectivity index (χ0n) is 19.0. The number of benzene rings is 2. The summed E-state index contributed by atoms with van der Waals surface area (Å²) >= 11 is 0. The van der Waals surface area contributed by atoms with Crippen LogP contribution in [0.1, 0.15) is 35.2 Å². The molecule has 1 saturated carbocycles. The van der Waals surface area contributed by atoms with Crippen LogP contribution in [0.15, 0.2) is 61.1 Å². The van der Waals surface area contributed by atoms with Crippen molar-refractivity contribution in [2.24, 2.45) is 5.92 Å². The Balaban J connectivity index is 1.47. The number of hydrogen-bond acceptors (Lipinski definition) is 6. The number of fused-ring (bicyclic) bond motifs is 1. The van der Waals surface area contributed by atoms with E-state index in [0.29, 0.717) is 29.4 Å². The van der Waals surface area contributed by atoms with E-state index in [-0.39, 0.29) is 35.2 Å². The molecule has 1 aliphatic carbocycles. The number of nitrogens with zero attached hydrogens (tertiary/aromatic N) is 3. The number of imidazole rings is 1. The third-order valence-corrected chi connectivity index (χ3v) is 5.86. The number of hydrogen-bond donors (Lipinski definition) is 0. The molecule has 0 bridgehead atoms. The van der Waals surface area contributed by atoms with E-state index in [1.54, 1.807) is 29.1 Å². The number of ether oxygens (including phenoxy) is 3. The second kappa shape index (κ2) is 9.69. The lowest BCUT2D eigenvalue weighted by Gasteiger charge is -2.16. The van der Waals surface area contributed by atoms with Crippen molar-refractivity contribution in [2.75, 3.05) is 7.11 Å². The third-order valence-electron chi connectivity index (χ3n) is 5.86. The van der Waals surface area contributed by atoms with Gasteiger partial charge in [0, 0.05) is 18.1 Å². The van der Waals surface area contributed by atoms with Crippen molar-refractivity contribution in [3.63, 3.8) is 0 Å². The van der Waals surface area contributed by atoms with Gasteiger partial charge in [0.25, 0.3) is 0 Å². The topological polar surface area (TPSA) is 75.0 Å². The summed E-state index contributed by atoms with van der Waals surface area (Å²) in [5.41, 5.74) is 2.66.